The molecule has 488 valence electrons. The molecule has 1 unspecified atom stereocenters. The van der Waals surface area contributed by atoms with E-state index in [2.05, 4.69) is 34.7 Å². The number of nitrogens with zero attached hydrogens (tertiary/aromatic N) is 7. The number of hydrogen-bond acceptors (Lipinski definition) is 17. The van der Waals surface area contributed by atoms with Crippen molar-refractivity contribution in [3.63, 3.8) is 0 Å². The molecule has 0 bridgehead atoms. The Labute approximate surface area is 555 Å². The van der Waals surface area contributed by atoms with Gasteiger partial charge in [0.1, 0.15) is 69.4 Å². The maximum absolute atomic E-state index is 12.4. The van der Waals surface area contributed by atoms with Gasteiger partial charge in [0.2, 0.25) is 0 Å². The number of hydrogen-bond donors (Lipinski definition) is 1. The molecule has 6 heterocycles. The molecule has 0 radical (unpaired) electrons. The molecule has 3 fully saturated rings. The summed E-state index contributed by atoms with van der Waals surface area (Å²) in [6.07, 6.45) is 11.9. The molecule has 1 atom stereocenters. The Morgan fingerprint density at radius 1 is 0.634 bits per heavy atom. The molecule has 4 aromatic heterocycles. The molecule has 0 spiro atoms. The lowest BCUT2D eigenvalue weighted by Gasteiger charge is -2.34. The monoisotopic (exact) mass is 1300 g/mol. The topological polar surface area (TPSA) is 225 Å². The van der Waals surface area contributed by atoms with Gasteiger partial charge in [-0.25, -0.2) is 4.79 Å². The third kappa shape index (κ3) is 16.7. The van der Waals surface area contributed by atoms with Crippen molar-refractivity contribution in [1.29, 1.82) is 10.5 Å². The van der Waals surface area contributed by atoms with Crippen LogP contribution >= 0.6 is 24.2 Å². The van der Waals surface area contributed by atoms with Gasteiger partial charge in [0.05, 0.1) is 65.3 Å². The number of nitriles is 2. The van der Waals surface area contributed by atoms with E-state index in [1.54, 1.807) is 121 Å². The molecule has 93 heavy (non-hydrogen) atoms. The van der Waals surface area contributed by atoms with Gasteiger partial charge in [-0.3, -0.25) is 19.6 Å². The highest BCUT2D eigenvalue weighted by Crippen LogP contribution is 2.41. The molecule has 11 rings (SSSR count). The van der Waals surface area contributed by atoms with Crippen LogP contribution in [0.1, 0.15) is 125 Å². The van der Waals surface area contributed by atoms with Crippen molar-refractivity contribution in [2.45, 2.75) is 122 Å². The molecule has 2 aliphatic heterocycles. The van der Waals surface area contributed by atoms with Crippen molar-refractivity contribution in [3.8, 4) is 68.9 Å². The van der Waals surface area contributed by atoms with Gasteiger partial charge in [-0.15, -0.1) is 0 Å². The normalized spacial score (nSPS) is 15.8. The van der Waals surface area contributed by atoms with E-state index < -0.39 is 23.9 Å². The summed E-state index contributed by atoms with van der Waals surface area (Å²) in [6, 6.07) is 33.3. The third-order valence-electron chi connectivity index (χ3n) is 16.2. The fourth-order valence-corrected chi connectivity index (χ4v) is 10.9. The lowest BCUT2D eigenvalue weighted by atomic mass is 9.78. The van der Waals surface area contributed by atoms with E-state index in [0.717, 1.165) is 53.4 Å². The number of likely N-dealkylation sites (tertiary alicyclic amines) is 1. The highest BCUT2D eigenvalue weighted by molar-refractivity contribution is 7.79. The zero-order valence-corrected chi connectivity index (χ0v) is 57.0. The highest BCUT2D eigenvalue weighted by Gasteiger charge is 2.52. The average Bonchev–Trinajstić information content (AvgIpc) is 1.65. The van der Waals surface area contributed by atoms with Crippen LogP contribution in [0.4, 0.5) is 4.79 Å². The molecule has 2 saturated heterocycles. The van der Waals surface area contributed by atoms with Crippen molar-refractivity contribution in [2.75, 3.05) is 61.8 Å². The highest BCUT2D eigenvalue weighted by atomic mass is 35.5. The number of methoxy groups -OCH3 is 2. The van der Waals surface area contributed by atoms with Crippen LogP contribution in [0.15, 0.2) is 118 Å². The Hall–Kier alpha value is -8.73. The van der Waals surface area contributed by atoms with Crippen molar-refractivity contribution < 1.29 is 56.2 Å². The molecule has 19 nitrogen and oxygen atoms in total. The Morgan fingerprint density at radius 3 is 1.67 bits per heavy atom. The fourth-order valence-electron chi connectivity index (χ4n) is 10.7. The van der Waals surface area contributed by atoms with E-state index in [9.17, 15) is 24.9 Å². The molecule has 3 aliphatic rings. The van der Waals surface area contributed by atoms with E-state index in [1.807, 2.05) is 90.9 Å². The number of carbonyl (C=O) groups excluding carboxylic acids is 3. The summed E-state index contributed by atoms with van der Waals surface area (Å²) in [5.74, 6) is 3.16. The zero-order valence-electron chi connectivity index (χ0n) is 55.3. The van der Waals surface area contributed by atoms with Crippen LogP contribution in [0, 0.1) is 22.7 Å². The minimum atomic E-state index is -0.539. The quantitative estimate of drug-likeness (QED) is 0.0886. The number of amides is 3. The van der Waals surface area contributed by atoms with Gasteiger partial charge in [0.25, 0.3) is 11.8 Å². The largest absolute Gasteiger partial charge is 0.496 e. The van der Waals surface area contributed by atoms with Gasteiger partial charge in [-0.05, 0) is 177 Å². The second-order valence-corrected chi connectivity index (χ2v) is 25.4. The van der Waals surface area contributed by atoms with E-state index in [1.165, 1.54) is 29.1 Å². The predicted molar refractivity (Wildman–Crippen MR) is 364 cm³/mol. The first-order valence-electron chi connectivity index (χ1n) is 30.7. The Bertz CT molecular complexity index is 4050. The maximum atomic E-state index is 12.4. The number of carbonyl (C=O) groups is 3. The minimum absolute atomic E-state index is 0.0934. The van der Waals surface area contributed by atoms with Gasteiger partial charge in [-0.1, -0.05) is 30.2 Å². The minimum Gasteiger partial charge on any atom is -0.496 e. The molecule has 8 aromatic rings. The van der Waals surface area contributed by atoms with Gasteiger partial charge in [0.15, 0.2) is 11.2 Å². The maximum Gasteiger partial charge on any atom is 0.494 e. The SMILES string of the molecule is CC(C)(C)OC(=O)N1CCCC(Oc2ccc(B3OC(C)(C)C(C)(C)O3)cc2C#N)C1.COc1cc(C(=O)N(C)C)ccc1-c1cc2nccc(-c3ccc(OC4CCCCC4)c(C#N)c3)c2o1.COc1cc(C(=O)N(C)C)ccc1-c1cc2nccc(Cl)c2o1.CS. The molecule has 22 heteroatoms. The van der Waals surface area contributed by atoms with Gasteiger partial charge in [0, 0.05) is 76.0 Å². The van der Waals surface area contributed by atoms with E-state index in [-0.39, 0.29) is 30.1 Å². The number of fused-ring (bicyclic) bond motifs is 2. The summed E-state index contributed by atoms with van der Waals surface area (Å²) >= 11 is 9.65. The first-order valence-corrected chi connectivity index (χ1v) is 32.0. The fraction of sp³-hybridized carbons (Fsp3) is 0.394. The first kappa shape index (κ1) is 70.1. The summed E-state index contributed by atoms with van der Waals surface area (Å²) in [6.45, 7) is 14.6. The van der Waals surface area contributed by atoms with Crippen LogP contribution in [0.25, 0.3) is 56.0 Å². The summed E-state index contributed by atoms with van der Waals surface area (Å²) in [5.41, 5.74) is 6.95. The molecule has 0 N–H and O–H groups in total. The standard InChI is InChI=1S/C30H29N3O4.C23H33BN2O5.C17H15ClN2O3.CH4S/c1-33(2)30(34)20-9-11-24(27(16-20)35-3)28-17-25-29(37-28)23(13-14-32-25)19-10-12-26(21(15-19)18-31)36-22-7-5-4-6-8-22;1-21(2,3)29-20(27)26-12-8-9-18(15-26)28-19-11-10-17(13-16(19)14-25)24-30-22(4,5)23(6,7)31-24;1-20(2)17(21)10-4-5-11(14(8-10)22-3)15-9-13-16(23-15)12(18)6-7-19-13;1-2/h9-17,22H,4-8H2,1-3H3;10-11,13,18H,8-9,12,15H2,1-7H3;4-9H,1-3H3;2H,1H3. The lowest BCUT2D eigenvalue weighted by Crippen LogP contribution is -2.46. The van der Waals surface area contributed by atoms with Crippen LogP contribution in [-0.4, -0.2) is 140 Å². The summed E-state index contributed by atoms with van der Waals surface area (Å²) < 4.78 is 53.1. The molecule has 1 saturated carbocycles. The molecular formula is C71H81BClN7O12S. The number of halogens is 1. The zero-order chi connectivity index (χ0) is 67.5. The van der Waals surface area contributed by atoms with E-state index in [4.69, 9.17) is 53.4 Å². The second kappa shape index (κ2) is 30.4. The van der Waals surface area contributed by atoms with Crippen LogP contribution in [0.5, 0.6) is 23.0 Å². The van der Waals surface area contributed by atoms with Gasteiger partial charge < -0.3 is 56.5 Å². The first-order chi connectivity index (χ1) is 44.3. The Balaban J connectivity index is 0.000000181. The number of furan rings is 2. The Kier molecular flexibility index (Phi) is 22.9. The number of benzene rings is 4. The molecule has 4 aromatic carbocycles. The molecule has 3 amide bonds. The number of piperidine rings is 1. The number of aromatic nitrogens is 2. The van der Waals surface area contributed by atoms with Crippen molar-refractivity contribution >= 4 is 76.9 Å². The lowest BCUT2D eigenvalue weighted by molar-refractivity contribution is 0.00578. The van der Waals surface area contributed by atoms with Crippen LogP contribution in [0.3, 0.4) is 0 Å². The second-order valence-electron chi connectivity index (χ2n) is 25.0. The van der Waals surface area contributed by atoms with Crippen LogP contribution in [-0.2, 0) is 14.0 Å². The number of rotatable bonds is 12. The van der Waals surface area contributed by atoms with Crippen molar-refractivity contribution in [1.82, 2.24) is 24.7 Å². The molecular weight excluding hydrogens is 1220 g/mol. The smallest absolute Gasteiger partial charge is 0.494 e. The van der Waals surface area contributed by atoms with E-state index >= 15 is 0 Å². The number of pyridine rings is 2. The third-order valence-corrected chi connectivity index (χ3v) is 16.5. The van der Waals surface area contributed by atoms with Crippen molar-refractivity contribution in [2.24, 2.45) is 0 Å². The summed E-state index contributed by atoms with van der Waals surface area (Å²) in [5, 5.41) is 20.0. The van der Waals surface area contributed by atoms with Gasteiger partial charge >= 0.3 is 13.2 Å². The summed E-state index contributed by atoms with van der Waals surface area (Å²) in [7, 11) is 9.41. The van der Waals surface area contributed by atoms with E-state index in [0.29, 0.717) is 97.1 Å². The van der Waals surface area contributed by atoms with Crippen LogP contribution < -0.4 is 24.4 Å². The van der Waals surface area contributed by atoms with Gasteiger partial charge in [-0.2, -0.15) is 23.2 Å². The van der Waals surface area contributed by atoms with Crippen LogP contribution in [0.2, 0.25) is 5.02 Å². The molecule has 1 aliphatic carbocycles. The predicted octanol–water partition coefficient (Wildman–Crippen LogP) is 14.5. The average molecular weight is 1300 g/mol. The van der Waals surface area contributed by atoms with Crippen molar-refractivity contribution in [3.05, 3.63) is 137 Å². The number of ether oxygens (including phenoxy) is 5. The summed E-state index contributed by atoms with van der Waals surface area (Å²) in [4.78, 5) is 50.3. The number of thiol groups is 1. The Morgan fingerprint density at radius 2 is 1.14 bits per heavy atom.